The Hall–Kier alpha value is -1.43. The van der Waals surface area contributed by atoms with Gasteiger partial charge in [0.1, 0.15) is 4.88 Å². The lowest BCUT2D eigenvalue weighted by Crippen LogP contribution is -2.39. The smallest absolute Gasteiger partial charge is 0.348 e. The Morgan fingerprint density at radius 1 is 1.29 bits per heavy atom. The fourth-order valence-corrected chi connectivity index (χ4v) is 4.77. The number of carbonyl (C=O) groups is 2. The van der Waals surface area contributed by atoms with E-state index in [-0.39, 0.29) is 22.1 Å². The van der Waals surface area contributed by atoms with E-state index in [1.165, 1.54) is 18.3 Å². The number of thiophene rings is 1. The predicted molar refractivity (Wildman–Crippen MR) is 113 cm³/mol. The van der Waals surface area contributed by atoms with Crippen LogP contribution in [0.1, 0.15) is 87.7 Å². The highest BCUT2D eigenvalue weighted by Gasteiger charge is 2.33. The van der Waals surface area contributed by atoms with E-state index >= 15 is 0 Å². The average molecular weight is 412 g/mol. The van der Waals surface area contributed by atoms with Crippen LogP contribution >= 0.6 is 11.3 Å². The van der Waals surface area contributed by atoms with Gasteiger partial charge in [0.2, 0.25) is 5.91 Å². The normalized spacial score (nSPS) is 21.4. The first kappa shape index (κ1) is 22.9. The third-order valence-corrected chi connectivity index (χ3v) is 7.09. The molecule has 1 unspecified atom stereocenters. The summed E-state index contributed by atoms with van der Waals surface area (Å²) in [7, 11) is 0. The maximum Gasteiger partial charge on any atom is 0.348 e. The third-order valence-electron chi connectivity index (χ3n) is 5.55. The fourth-order valence-electron chi connectivity index (χ4n) is 3.71. The van der Waals surface area contributed by atoms with Gasteiger partial charge in [-0.2, -0.15) is 0 Å². The quantitative estimate of drug-likeness (QED) is 0.595. The Bertz CT molecular complexity index is 684. The van der Waals surface area contributed by atoms with Crippen LogP contribution in [0.25, 0.3) is 0 Å². The molecule has 0 aromatic carbocycles. The van der Waals surface area contributed by atoms with E-state index in [1.54, 1.807) is 4.90 Å². The molecule has 0 bridgehead atoms. The first-order valence-corrected chi connectivity index (χ1v) is 11.2. The Kier molecular flexibility index (Phi) is 7.66. The number of carbonyl (C=O) groups excluding carboxylic acids is 1. The summed E-state index contributed by atoms with van der Waals surface area (Å²) in [6, 6.07) is 1.86. The van der Waals surface area contributed by atoms with Crippen LogP contribution < -0.4 is 4.90 Å². The van der Waals surface area contributed by atoms with Gasteiger partial charge in [-0.15, -0.1) is 11.3 Å². The van der Waals surface area contributed by atoms with Crippen LogP contribution in [0.4, 0.5) is 10.1 Å². The van der Waals surface area contributed by atoms with E-state index in [1.807, 2.05) is 26.8 Å². The highest BCUT2D eigenvalue weighted by atomic mass is 32.1. The molecule has 0 saturated heterocycles. The lowest BCUT2D eigenvalue weighted by molar-refractivity contribution is -0.123. The van der Waals surface area contributed by atoms with Crippen molar-refractivity contribution in [2.45, 2.75) is 84.7 Å². The summed E-state index contributed by atoms with van der Waals surface area (Å²) in [6.45, 7) is 10.2. The topological polar surface area (TPSA) is 57.6 Å². The van der Waals surface area contributed by atoms with Crippen molar-refractivity contribution in [3.8, 4) is 0 Å². The van der Waals surface area contributed by atoms with Gasteiger partial charge in [0.05, 0.1) is 11.9 Å². The van der Waals surface area contributed by atoms with Crippen LogP contribution in [0.2, 0.25) is 0 Å². The van der Waals surface area contributed by atoms with Gasteiger partial charge in [0.25, 0.3) is 0 Å². The standard InChI is InChI=1S/C22H34FNO3S/c1-14-8-10-16(11-9-14)20(25)24(12-6-7-15(2)23)17-13-18(22(3,4)5)28-19(17)21(26)27/h13-16H,6-12H2,1-5H3,(H,26,27). The van der Waals surface area contributed by atoms with E-state index in [9.17, 15) is 19.1 Å². The van der Waals surface area contributed by atoms with E-state index < -0.39 is 12.1 Å². The van der Waals surface area contributed by atoms with Gasteiger partial charge in [0, 0.05) is 17.3 Å². The third kappa shape index (κ3) is 5.79. The first-order chi connectivity index (χ1) is 13.0. The molecule has 0 spiro atoms. The molecular formula is C22H34FNO3S. The molecule has 1 N–H and O–H groups in total. The minimum atomic E-state index is -1.01. The number of halogens is 1. The summed E-state index contributed by atoms with van der Waals surface area (Å²) in [6.07, 6.45) is 3.68. The number of carboxylic acid groups (broad SMARTS) is 1. The van der Waals surface area contributed by atoms with Gasteiger partial charge in [-0.25, -0.2) is 9.18 Å². The molecule has 158 valence electrons. The van der Waals surface area contributed by atoms with Crippen LogP contribution in [0.15, 0.2) is 6.07 Å². The predicted octanol–water partition coefficient (Wildman–Crippen LogP) is 6.04. The number of aromatic carboxylic acids is 1. The summed E-state index contributed by atoms with van der Waals surface area (Å²) in [5.41, 5.74) is 0.285. The zero-order valence-corrected chi connectivity index (χ0v) is 18.6. The minimum absolute atomic E-state index is 0.000768. The molecule has 1 aromatic rings. The van der Waals surface area contributed by atoms with Crippen LogP contribution in [0.5, 0.6) is 0 Å². The first-order valence-electron chi connectivity index (χ1n) is 10.3. The second kappa shape index (κ2) is 9.38. The highest BCUT2D eigenvalue weighted by Crippen LogP contribution is 2.39. The monoisotopic (exact) mass is 411 g/mol. The lowest BCUT2D eigenvalue weighted by Gasteiger charge is -2.31. The molecule has 1 aliphatic carbocycles. The van der Waals surface area contributed by atoms with Crippen molar-refractivity contribution in [2.24, 2.45) is 11.8 Å². The SMILES string of the molecule is CC(F)CCCN(C(=O)C1CCC(C)CC1)c1cc(C(C)(C)C)sc1C(=O)O. The van der Waals surface area contributed by atoms with Crippen LogP contribution in [-0.2, 0) is 10.2 Å². The number of rotatable bonds is 7. The van der Waals surface area contributed by atoms with Crippen molar-refractivity contribution in [1.29, 1.82) is 0 Å². The maximum absolute atomic E-state index is 13.4. The molecule has 1 amide bonds. The molecule has 4 nitrogen and oxygen atoms in total. The molecule has 0 aliphatic heterocycles. The van der Waals surface area contributed by atoms with Gasteiger partial charge in [-0.05, 0) is 62.8 Å². The molecule has 2 rings (SSSR count). The molecule has 1 heterocycles. The zero-order valence-electron chi connectivity index (χ0n) is 17.8. The maximum atomic E-state index is 13.4. The van der Waals surface area contributed by atoms with E-state index in [2.05, 4.69) is 6.92 Å². The van der Waals surface area contributed by atoms with Gasteiger partial charge in [-0.3, -0.25) is 4.79 Å². The average Bonchev–Trinajstić information content (AvgIpc) is 3.04. The number of nitrogens with zero attached hydrogens (tertiary/aromatic N) is 1. The van der Waals surface area contributed by atoms with E-state index in [4.69, 9.17) is 0 Å². The second-order valence-electron chi connectivity index (χ2n) is 9.25. The zero-order chi connectivity index (χ0) is 21.1. The Morgan fingerprint density at radius 2 is 1.89 bits per heavy atom. The van der Waals surface area contributed by atoms with Gasteiger partial charge >= 0.3 is 5.97 Å². The molecule has 1 aromatic heterocycles. The summed E-state index contributed by atoms with van der Waals surface area (Å²) in [5, 5.41) is 9.75. The summed E-state index contributed by atoms with van der Waals surface area (Å²) in [5.74, 6) is -0.449. The van der Waals surface area contributed by atoms with Crippen molar-refractivity contribution in [2.75, 3.05) is 11.4 Å². The fraction of sp³-hybridized carbons (Fsp3) is 0.727. The van der Waals surface area contributed by atoms with Crippen LogP contribution in [0.3, 0.4) is 0 Å². The van der Waals surface area contributed by atoms with Gasteiger partial charge in [-0.1, -0.05) is 27.7 Å². The number of alkyl halides is 1. The Balaban J connectivity index is 2.36. The summed E-state index contributed by atoms with van der Waals surface area (Å²) >= 11 is 1.24. The van der Waals surface area contributed by atoms with E-state index in [0.717, 1.165) is 30.6 Å². The highest BCUT2D eigenvalue weighted by molar-refractivity contribution is 7.14. The number of amides is 1. The second-order valence-corrected chi connectivity index (χ2v) is 10.3. The van der Waals surface area contributed by atoms with Crippen LogP contribution in [-0.4, -0.2) is 29.7 Å². The van der Waals surface area contributed by atoms with Crippen molar-refractivity contribution >= 4 is 28.9 Å². The lowest BCUT2D eigenvalue weighted by atomic mass is 9.82. The van der Waals surface area contributed by atoms with Gasteiger partial charge in [0.15, 0.2) is 0 Å². The van der Waals surface area contributed by atoms with Crippen LogP contribution in [0, 0.1) is 11.8 Å². The number of carboxylic acids is 1. The molecular weight excluding hydrogens is 377 g/mol. The van der Waals surface area contributed by atoms with E-state index in [0.29, 0.717) is 31.0 Å². The van der Waals surface area contributed by atoms with Crippen molar-refractivity contribution in [3.63, 3.8) is 0 Å². The largest absolute Gasteiger partial charge is 0.477 e. The Labute approximate surface area is 172 Å². The molecule has 1 atom stereocenters. The molecule has 0 radical (unpaired) electrons. The number of anilines is 1. The molecule has 1 fully saturated rings. The van der Waals surface area contributed by atoms with Gasteiger partial charge < -0.3 is 10.0 Å². The molecule has 1 saturated carbocycles. The number of hydrogen-bond donors (Lipinski definition) is 1. The minimum Gasteiger partial charge on any atom is -0.477 e. The van der Waals surface area contributed by atoms with Crippen molar-refractivity contribution in [3.05, 3.63) is 15.8 Å². The number of hydrogen-bond acceptors (Lipinski definition) is 3. The molecule has 1 aliphatic rings. The molecule has 6 heteroatoms. The molecule has 28 heavy (non-hydrogen) atoms. The Morgan fingerprint density at radius 3 is 2.39 bits per heavy atom. The summed E-state index contributed by atoms with van der Waals surface area (Å²) < 4.78 is 13.3. The van der Waals surface area contributed by atoms with Crippen molar-refractivity contribution < 1.29 is 19.1 Å². The summed E-state index contributed by atoms with van der Waals surface area (Å²) in [4.78, 5) is 28.0. The van der Waals surface area contributed by atoms with Crippen molar-refractivity contribution in [1.82, 2.24) is 0 Å².